The second kappa shape index (κ2) is 6.53. The first-order chi connectivity index (χ1) is 9.04. The summed E-state index contributed by atoms with van der Waals surface area (Å²) in [5.41, 5.74) is 0. The maximum Gasteiger partial charge on any atom is 0.411 e. The van der Waals surface area contributed by atoms with Gasteiger partial charge in [0.15, 0.2) is 5.13 Å². The second-order valence-corrected chi connectivity index (χ2v) is 5.18. The third-order valence-corrected chi connectivity index (χ3v) is 3.71. The van der Waals surface area contributed by atoms with E-state index in [4.69, 9.17) is 0 Å². The van der Waals surface area contributed by atoms with Crippen molar-refractivity contribution in [1.82, 2.24) is 9.88 Å². The van der Waals surface area contributed by atoms with Crippen LogP contribution in [0, 0.1) is 0 Å². The van der Waals surface area contributed by atoms with Crippen LogP contribution in [0.3, 0.4) is 0 Å². The number of hydrogen-bond donors (Lipinski definition) is 0. The van der Waals surface area contributed by atoms with Crippen LogP contribution in [0.15, 0.2) is 11.6 Å². The number of ether oxygens (including phenoxy) is 1. The van der Waals surface area contributed by atoms with Crippen LogP contribution in [0.2, 0.25) is 0 Å². The Morgan fingerprint density at radius 2 is 2.00 bits per heavy atom. The summed E-state index contributed by atoms with van der Waals surface area (Å²) in [5.74, 6) is 0. The summed E-state index contributed by atoms with van der Waals surface area (Å²) < 4.78 is 40.2. The lowest BCUT2D eigenvalue weighted by atomic mass is 10.3. The molecule has 0 unspecified atom stereocenters. The van der Waals surface area contributed by atoms with Crippen molar-refractivity contribution in [2.45, 2.75) is 6.18 Å². The predicted octanol–water partition coefficient (Wildman–Crippen LogP) is 1.84. The Morgan fingerprint density at radius 1 is 1.26 bits per heavy atom. The summed E-state index contributed by atoms with van der Waals surface area (Å²) in [5, 5.41) is 2.94. The van der Waals surface area contributed by atoms with Crippen LogP contribution < -0.4 is 4.90 Å². The van der Waals surface area contributed by atoms with Crippen molar-refractivity contribution >= 4 is 16.5 Å². The highest BCUT2D eigenvalue weighted by atomic mass is 32.1. The average Bonchev–Trinajstić information content (AvgIpc) is 2.88. The molecule has 108 valence electrons. The van der Waals surface area contributed by atoms with Gasteiger partial charge in [0, 0.05) is 44.3 Å². The zero-order valence-corrected chi connectivity index (χ0v) is 11.2. The largest absolute Gasteiger partial charge is 0.411 e. The third-order valence-electron chi connectivity index (χ3n) is 2.88. The molecule has 0 saturated carbocycles. The molecule has 19 heavy (non-hydrogen) atoms. The Kier molecular flexibility index (Phi) is 5.00. The number of piperazine rings is 1. The van der Waals surface area contributed by atoms with Crippen LogP contribution in [0.4, 0.5) is 18.3 Å². The van der Waals surface area contributed by atoms with Gasteiger partial charge in [0.1, 0.15) is 6.61 Å². The van der Waals surface area contributed by atoms with Crippen LogP contribution in [-0.4, -0.2) is 62.0 Å². The van der Waals surface area contributed by atoms with Crippen molar-refractivity contribution in [3.63, 3.8) is 0 Å². The Balaban J connectivity index is 1.61. The molecule has 0 spiro atoms. The number of aromatic nitrogens is 1. The zero-order chi connectivity index (χ0) is 13.7. The van der Waals surface area contributed by atoms with Gasteiger partial charge in [-0.3, -0.25) is 4.90 Å². The van der Waals surface area contributed by atoms with Gasteiger partial charge in [-0.15, -0.1) is 11.3 Å². The SMILES string of the molecule is FC(F)(F)COCCN1CCN(c2nccs2)CC1. The smallest absolute Gasteiger partial charge is 0.371 e. The fraction of sp³-hybridized carbons (Fsp3) is 0.727. The van der Waals surface area contributed by atoms with Gasteiger partial charge in [0.25, 0.3) is 0 Å². The van der Waals surface area contributed by atoms with Crippen LogP contribution in [0.25, 0.3) is 0 Å². The molecule has 1 aromatic heterocycles. The lowest BCUT2D eigenvalue weighted by Crippen LogP contribution is -2.47. The van der Waals surface area contributed by atoms with Gasteiger partial charge < -0.3 is 9.64 Å². The minimum Gasteiger partial charge on any atom is -0.371 e. The zero-order valence-electron chi connectivity index (χ0n) is 10.4. The summed E-state index contributed by atoms with van der Waals surface area (Å²) in [6.45, 7) is 2.87. The first-order valence-corrected chi connectivity index (χ1v) is 6.94. The molecule has 1 fully saturated rings. The molecule has 1 aliphatic heterocycles. The van der Waals surface area contributed by atoms with Crippen molar-refractivity contribution in [2.75, 3.05) is 50.8 Å². The standard InChI is InChI=1S/C11H16F3N3OS/c12-11(13,14)9-18-7-6-16-2-4-17(5-3-16)10-15-1-8-19-10/h1,8H,2-7,9H2. The van der Waals surface area contributed by atoms with E-state index in [1.165, 1.54) is 0 Å². The molecule has 0 aromatic carbocycles. The molecular weight excluding hydrogens is 279 g/mol. The van der Waals surface area contributed by atoms with E-state index < -0.39 is 12.8 Å². The minimum atomic E-state index is -4.23. The molecule has 1 aromatic rings. The van der Waals surface area contributed by atoms with Crippen molar-refractivity contribution in [1.29, 1.82) is 0 Å². The number of rotatable bonds is 5. The van der Waals surface area contributed by atoms with Gasteiger partial charge in [-0.25, -0.2) is 4.98 Å². The molecule has 0 bridgehead atoms. The highest BCUT2D eigenvalue weighted by Gasteiger charge is 2.27. The number of anilines is 1. The summed E-state index contributed by atoms with van der Waals surface area (Å²) in [7, 11) is 0. The number of alkyl halides is 3. The summed E-state index contributed by atoms with van der Waals surface area (Å²) in [4.78, 5) is 8.55. The van der Waals surface area contributed by atoms with Crippen LogP contribution >= 0.6 is 11.3 Å². The molecule has 0 radical (unpaired) electrons. The molecule has 2 heterocycles. The first kappa shape index (κ1) is 14.5. The molecule has 0 N–H and O–H groups in total. The lowest BCUT2D eigenvalue weighted by Gasteiger charge is -2.34. The number of halogens is 3. The summed E-state index contributed by atoms with van der Waals surface area (Å²) in [6.07, 6.45) is -2.46. The fourth-order valence-electron chi connectivity index (χ4n) is 1.92. The Labute approximate surface area is 113 Å². The predicted molar refractivity (Wildman–Crippen MR) is 67.6 cm³/mol. The van der Waals surface area contributed by atoms with Crippen LogP contribution in [0.1, 0.15) is 0 Å². The molecule has 0 amide bonds. The third kappa shape index (κ3) is 4.96. The second-order valence-electron chi connectivity index (χ2n) is 4.31. The van der Waals surface area contributed by atoms with E-state index in [1.54, 1.807) is 17.5 Å². The highest BCUT2D eigenvalue weighted by Crippen LogP contribution is 2.19. The molecule has 4 nitrogen and oxygen atoms in total. The van der Waals surface area contributed by atoms with Gasteiger partial charge in [-0.05, 0) is 0 Å². The molecule has 0 aliphatic carbocycles. The van der Waals surface area contributed by atoms with Crippen LogP contribution in [-0.2, 0) is 4.74 Å². The lowest BCUT2D eigenvalue weighted by molar-refractivity contribution is -0.174. The normalized spacial score (nSPS) is 17.9. The maximum atomic E-state index is 11.9. The van der Waals surface area contributed by atoms with Crippen molar-refractivity contribution in [3.05, 3.63) is 11.6 Å². The van der Waals surface area contributed by atoms with E-state index in [-0.39, 0.29) is 6.61 Å². The van der Waals surface area contributed by atoms with Gasteiger partial charge in [-0.1, -0.05) is 0 Å². The van der Waals surface area contributed by atoms with Crippen molar-refractivity contribution < 1.29 is 17.9 Å². The molecular formula is C11H16F3N3OS. The van der Waals surface area contributed by atoms with E-state index in [1.807, 2.05) is 5.38 Å². The topological polar surface area (TPSA) is 28.6 Å². The Morgan fingerprint density at radius 3 is 2.58 bits per heavy atom. The van der Waals surface area contributed by atoms with E-state index in [0.29, 0.717) is 6.54 Å². The van der Waals surface area contributed by atoms with Gasteiger partial charge in [0.05, 0.1) is 6.61 Å². The van der Waals surface area contributed by atoms with E-state index in [9.17, 15) is 13.2 Å². The molecule has 2 rings (SSSR count). The number of nitrogens with zero attached hydrogens (tertiary/aromatic N) is 3. The van der Waals surface area contributed by atoms with Gasteiger partial charge in [-0.2, -0.15) is 13.2 Å². The molecule has 0 atom stereocenters. The van der Waals surface area contributed by atoms with E-state index >= 15 is 0 Å². The van der Waals surface area contributed by atoms with Gasteiger partial charge in [0.2, 0.25) is 0 Å². The van der Waals surface area contributed by atoms with E-state index in [0.717, 1.165) is 31.3 Å². The monoisotopic (exact) mass is 295 g/mol. The minimum absolute atomic E-state index is 0.122. The Hall–Kier alpha value is -0.860. The first-order valence-electron chi connectivity index (χ1n) is 6.06. The Bertz CT molecular complexity index is 364. The molecule has 1 saturated heterocycles. The highest BCUT2D eigenvalue weighted by molar-refractivity contribution is 7.13. The maximum absolute atomic E-state index is 11.9. The quantitative estimate of drug-likeness (QED) is 0.775. The van der Waals surface area contributed by atoms with E-state index in [2.05, 4.69) is 19.5 Å². The van der Waals surface area contributed by atoms with Crippen LogP contribution in [0.5, 0.6) is 0 Å². The molecule has 8 heteroatoms. The average molecular weight is 295 g/mol. The van der Waals surface area contributed by atoms with Crippen molar-refractivity contribution in [3.8, 4) is 0 Å². The summed E-state index contributed by atoms with van der Waals surface area (Å²) >= 11 is 1.60. The number of thiazole rings is 1. The van der Waals surface area contributed by atoms with Crippen molar-refractivity contribution in [2.24, 2.45) is 0 Å². The fourth-order valence-corrected chi connectivity index (χ4v) is 2.61. The summed E-state index contributed by atoms with van der Waals surface area (Å²) in [6, 6.07) is 0. The molecule has 1 aliphatic rings. The van der Waals surface area contributed by atoms with Gasteiger partial charge >= 0.3 is 6.18 Å². The number of hydrogen-bond acceptors (Lipinski definition) is 5.